The molecule has 0 aliphatic carbocycles. The number of rotatable bonds is 11. The molecule has 2 aromatic carbocycles. The molecule has 0 atom stereocenters. The monoisotopic (exact) mass is 398 g/mol. The van der Waals surface area contributed by atoms with Gasteiger partial charge in [-0.25, -0.2) is 0 Å². The Morgan fingerprint density at radius 3 is 2.66 bits per heavy atom. The molecule has 0 bridgehead atoms. The summed E-state index contributed by atoms with van der Waals surface area (Å²) in [5.41, 5.74) is 6.97. The Labute approximate surface area is 170 Å². The number of benzene rings is 2. The van der Waals surface area contributed by atoms with E-state index in [9.17, 15) is 9.59 Å². The summed E-state index contributed by atoms with van der Waals surface area (Å²) in [6.45, 7) is 2.81. The number of aryl methyl sites for hydroxylation is 1. The van der Waals surface area contributed by atoms with Crippen molar-refractivity contribution < 1.29 is 23.8 Å². The molecule has 7 nitrogen and oxygen atoms in total. The lowest BCUT2D eigenvalue weighted by molar-refractivity contribution is -0.120. The SMILES string of the molecule is COc1cc(/C=C/C(=O)NCCCOc2cccc(C)c2)ccc1OCC(N)=O. The maximum absolute atomic E-state index is 11.9. The van der Waals surface area contributed by atoms with Crippen LogP contribution in [0.15, 0.2) is 48.5 Å². The lowest BCUT2D eigenvalue weighted by Gasteiger charge is -2.10. The van der Waals surface area contributed by atoms with Gasteiger partial charge in [-0.15, -0.1) is 0 Å². The fourth-order valence-corrected chi connectivity index (χ4v) is 2.47. The predicted molar refractivity (Wildman–Crippen MR) is 111 cm³/mol. The molecule has 0 radical (unpaired) electrons. The fraction of sp³-hybridized carbons (Fsp3) is 0.273. The van der Waals surface area contributed by atoms with Crippen LogP contribution in [0, 0.1) is 6.92 Å². The summed E-state index contributed by atoms with van der Waals surface area (Å²) < 4.78 is 16.2. The van der Waals surface area contributed by atoms with E-state index in [0.29, 0.717) is 31.1 Å². The third kappa shape index (κ3) is 7.96. The summed E-state index contributed by atoms with van der Waals surface area (Å²) in [6.07, 6.45) is 3.81. The third-order valence-electron chi connectivity index (χ3n) is 3.86. The van der Waals surface area contributed by atoms with Gasteiger partial charge in [-0.1, -0.05) is 18.2 Å². The number of hydrogen-bond acceptors (Lipinski definition) is 5. The van der Waals surface area contributed by atoms with Crippen molar-refractivity contribution in [2.45, 2.75) is 13.3 Å². The van der Waals surface area contributed by atoms with Crippen LogP contribution in [-0.2, 0) is 9.59 Å². The van der Waals surface area contributed by atoms with E-state index < -0.39 is 5.91 Å². The molecule has 0 heterocycles. The molecule has 0 aliphatic heterocycles. The van der Waals surface area contributed by atoms with Crippen molar-refractivity contribution in [1.29, 1.82) is 0 Å². The Balaban J connectivity index is 1.75. The topological polar surface area (TPSA) is 99.9 Å². The second kappa shape index (κ2) is 11.4. The van der Waals surface area contributed by atoms with Gasteiger partial charge in [0.25, 0.3) is 5.91 Å². The number of carbonyl (C=O) groups excluding carboxylic acids is 2. The molecule has 0 unspecified atom stereocenters. The van der Waals surface area contributed by atoms with Gasteiger partial charge in [0, 0.05) is 12.6 Å². The minimum atomic E-state index is -0.572. The quantitative estimate of drug-likeness (QED) is 0.447. The molecule has 0 fully saturated rings. The van der Waals surface area contributed by atoms with E-state index in [2.05, 4.69) is 5.32 Å². The van der Waals surface area contributed by atoms with Gasteiger partial charge < -0.3 is 25.3 Å². The highest BCUT2D eigenvalue weighted by molar-refractivity contribution is 5.91. The maximum Gasteiger partial charge on any atom is 0.255 e. The van der Waals surface area contributed by atoms with Gasteiger partial charge in [-0.2, -0.15) is 0 Å². The highest BCUT2D eigenvalue weighted by atomic mass is 16.5. The summed E-state index contributed by atoms with van der Waals surface area (Å²) >= 11 is 0. The van der Waals surface area contributed by atoms with E-state index >= 15 is 0 Å². The smallest absolute Gasteiger partial charge is 0.255 e. The number of nitrogens with two attached hydrogens (primary N) is 1. The van der Waals surface area contributed by atoms with Crippen molar-refractivity contribution in [2.24, 2.45) is 5.73 Å². The number of carbonyl (C=O) groups is 2. The highest BCUT2D eigenvalue weighted by Crippen LogP contribution is 2.28. The Bertz CT molecular complexity index is 864. The van der Waals surface area contributed by atoms with Gasteiger partial charge in [-0.05, 0) is 54.8 Å². The molecule has 0 aliphatic rings. The molecule has 0 saturated carbocycles. The van der Waals surface area contributed by atoms with Crippen LogP contribution in [0.4, 0.5) is 0 Å². The van der Waals surface area contributed by atoms with Crippen LogP contribution in [0.25, 0.3) is 6.08 Å². The molecule has 2 rings (SSSR count). The summed E-state index contributed by atoms with van der Waals surface area (Å²) in [7, 11) is 1.49. The molecule has 2 amide bonds. The van der Waals surface area contributed by atoms with Crippen molar-refractivity contribution in [3.8, 4) is 17.2 Å². The van der Waals surface area contributed by atoms with Crippen molar-refractivity contribution in [3.05, 3.63) is 59.7 Å². The van der Waals surface area contributed by atoms with Crippen LogP contribution in [0.5, 0.6) is 17.2 Å². The van der Waals surface area contributed by atoms with Crippen LogP contribution in [0.3, 0.4) is 0 Å². The third-order valence-corrected chi connectivity index (χ3v) is 3.86. The fourth-order valence-electron chi connectivity index (χ4n) is 2.47. The van der Waals surface area contributed by atoms with Gasteiger partial charge >= 0.3 is 0 Å². The number of nitrogens with one attached hydrogen (secondary N) is 1. The lowest BCUT2D eigenvalue weighted by atomic mass is 10.2. The number of primary amides is 1. The lowest BCUT2D eigenvalue weighted by Crippen LogP contribution is -2.23. The molecular formula is C22H26N2O5. The molecule has 0 aromatic heterocycles. The standard InChI is InChI=1S/C22H26N2O5/c1-16-5-3-6-18(13-16)28-12-4-11-24-22(26)10-8-17-7-9-19(20(14-17)27-2)29-15-21(23)25/h3,5-10,13-14H,4,11-12,15H2,1-2H3,(H2,23,25)(H,24,26)/b10-8+. The number of hydrogen-bond donors (Lipinski definition) is 2. The molecule has 2 aromatic rings. The average Bonchev–Trinajstić information content (AvgIpc) is 2.70. The first-order valence-corrected chi connectivity index (χ1v) is 9.22. The van der Waals surface area contributed by atoms with Crippen molar-refractivity contribution in [1.82, 2.24) is 5.32 Å². The number of methoxy groups -OCH3 is 1. The van der Waals surface area contributed by atoms with Gasteiger partial charge in [-0.3, -0.25) is 9.59 Å². The van der Waals surface area contributed by atoms with Crippen LogP contribution >= 0.6 is 0 Å². The molecule has 0 spiro atoms. The summed E-state index contributed by atoms with van der Waals surface area (Å²) in [5, 5.41) is 2.81. The van der Waals surface area contributed by atoms with E-state index in [1.54, 1.807) is 24.3 Å². The predicted octanol–water partition coefficient (Wildman–Crippen LogP) is 2.47. The Kier molecular flexibility index (Phi) is 8.56. The molecule has 154 valence electrons. The van der Waals surface area contributed by atoms with Crippen LogP contribution in [0.2, 0.25) is 0 Å². The molecule has 0 saturated heterocycles. The maximum atomic E-state index is 11.9. The zero-order valence-electron chi connectivity index (χ0n) is 16.6. The van der Waals surface area contributed by atoms with E-state index in [4.69, 9.17) is 19.9 Å². The summed E-state index contributed by atoms with van der Waals surface area (Å²) in [5.74, 6) is 0.905. The molecule has 29 heavy (non-hydrogen) atoms. The number of ether oxygens (including phenoxy) is 3. The Morgan fingerprint density at radius 2 is 1.93 bits per heavy atom. The van der Waals surface area contributed by atoms with E-state index in [1.807, 2.05) is 31.2 Å². The van der Waals surface area contributed by atoms with Gasteiger partial charge in [0.15, 0.2) is 18.1 Å². The average molecular weight is 398 g/mol. The molecule has 7 heteroatoms. The first-order valence-electron chi connectivity index (χ1n) is 9.22. The van der Waals surface area contributed by atoms with E-state index in [1.165, 1.54) is 13.2 Å². The molecule has 3 N–H and O–H groups in total. The minimum absolute atomic E-state index is 0.200. The van der Waals surface area contributed by atoms with Gasteiger partial charge in [0.05, 0.1) is 13.7 Å². The van der Waals surface area contributed by atoms with Crippen LogP contribution in [-0.4, -0.2) is 38.7 Å². The minimum Gasteiger partial charge on any atom is -0.494 e. The second-order valence-electron chi connectivity index (χ2n) is 6.31. The van der Waals surface area contributed by atoms with Crippen molar-refractivity contribution in [2.75, 3.05) is 26.9 Å². The number of amides is 2. The normalized spacial score (nSPS) is 10.6. The zero-order chi connectivity index (χ0) is 21.1. The Hall–Kier alpha value is -3.48. The molecular weight excluding hydrogens is 372 g/mol. The van der Waals surface area contributed by atoms with E-state index in [-0.39, 0.29) is 12.5 Å². The van der Waals surface area contributed by atoms with Crippen LogP contribution in [0.1, 0.15) is 17.5 Å². The van der Waals surface area contributed by atoms with Crippen LogP contribution < -0.4 is 25.3 Å². The highest BCUT2D eigenvalue weighted by Gasteiger charge is 2.06. The van der Waals surface area contributed by atoms with Crippen molar-refractivity contribution >= 4 is 17.9 Å². The largest absolute Gasteiger partial charge is 0.494 e. The first kappa shape index (κ1) is 21.8. The first-order chi connectivity index (χ1) is 14.0. The zero-order valence-corrected chi connectivity index (χ0v) is 16.6. The Morgan fingerprint density at radius 1 is 1.10 bits per heavy atom. The van der Waals surface area contributed by atoms with Gasteiger partial charge in [0.2, 0.25) is 5.91 Å². The van der Waals surface area contributed by atoms with E-state index in [0.717, 1.165) is 16.9 Å². The second-order valence-corrected chi connectivity index (χ2v) is 6.31. The summed E-state index contributed by atoms with van der Waals surface area (Å²) in [4.78, 5) is 22.8. The van der Waals surface area contributed by atoms with Crippen molar-refractivity contribution in [3.63, 3.8) is 0 Å². The summed E-state index contributed by atoms with van der Waals surface area (Å²) in [6, 6.07) is 12.9. The van der Waals surface area contributed by atoms with Gasteiger partial charge in [0.1, 0.15) is 5.75 Å².